The summed E-state index contributed by atoms with van der Waals surface area (Å²) in [5, 5.41) is 13.8. The fraction of sp³-hybridized carbons (Fsp3) is 0.588. The summed E-state index contributed by atoms with van der Waals surface area (Å²) >= 11 is 1.80. The normalized spacial score (nSPS) is 25.2. The lowest BCUT2D eigenvalue weighted by molar-refractivity contribution is 0.0716. The van der Waals surface area contributed by atoms with E-state index in [2.05, 4.69) is 20.1 Å². The summed E-state index contributed by atoms with van der Waals surface area (Å²) in [6.07, 6.45) is 0.833. The van der Waals surface area contributed by atoms with E-state index >= 15 is 0 Å². The van der Waals surface area contributed by atoms with Crippen LogP contribution >= 0.6 is 11.8 Å². The van der Waals surface area contributed by atoms with Gasteiger partial charge in [0.25, 0.3) is 0 Å². The summed E-state index contributed by atoms with van der Waals surface area (Å²) in [5.74, 6) is 2.45. The largest absolute Gasteiger partial charge is 0.387 e. The van der Waals surface area contributed by atoms with Crippen molar-refractivity contribution < 1.29 is 9.50 Å². The molecule has 1 atom stereocenters. The summed E-state index contributed by atoms with van der Waals surface area (Å²) in [6.45, 7) is 3.98. The average Bonchev–Trinajstić information content (AvgIpc) is 3.04. The van der Waals surface area contributed by atoms with Gasteiger partial charge in [0.1, 0.15) is 5.82 Å². The Kier molecular flexibility index (Phi) is 5.50. The molecule has 2 saturated heterocycles. The van der Waals surface area contributed by atoms with Gasteiger partial charge in [-0.1, -0.05) is 0 Å². The molecule has 2 aliphatic rings. The number of anilines is 1. The van der Waals surface area contributed by atoms with Crippen molar-refractivity contribution in [1.82, 2.24) is 10.2 Å². The molecule has 0 aliphatic carbocycles. The third kappa shape index (κ3) is 4.13. The van der Waals surface area contributed by atoms with Gasteiger partial charge in [-0.3, -0.25) is 4.99 Å². The maximum atomic E-state index is 13.0. The van der Waals surface area contributed by atoms with Crippen molar-refractivity contribution in [2.45, 2.75) is 12.0 Å². The number of aliphatic imine (C=N–C) groups is 1. The number of guanidine groups is 1. The number of piperazine rings is 1. The molecule has 7 heteroatoms. The Bertz CT molecular complexity index is 566. The summed E-state index contributed by atoms with van der Waals surface area (Å²) < 4.78 is 13.0. The second-order valence-corrected chi connectivity index (χ2v) is 7.48. The zero-order valence-corrected chi connectivity index (χ0v) is 14.9. The molecule has 1 aromatic carbocycles. The number of benzene rings is 1. The van der Waals surface area contributed by atoms with E-state index in [4.69, 9.17) is 0 Å². The number of halogens is 1. The molecule has 0 amide bonds. The zero-order chi connectivity index (χ0) is 17.0. The van der Waals surface area contributed by atoms with Gasteiger partial charge in [-0.15, -0.1) is 0 Å². The van der Waals surface area contributed by atoms with Crippen LogP contribution in [0, 0.1) is 5.82 Å². The van der Waals surface area contributed by atoms with E-state index in [1.807, 2.05) is 12.1 Å². The third-order valence-corrected chi connectivity index (χ3v) is 5.88. The van der Waals surface area contributed by atoms with Gasteiger partial charge in [-0.05, 0) is 36.4 Å². The first-order chi connectivity index (χ1) is 11.6. The van der Waals surface area contributed by atoms with E-state index in [0.717, 1.165) is 55.8 Å². The Balaban J connectivity index is 1.51. The van der Waals surface area contributed by atoms with Crippen LogP contribution in [0.25, 0.3) is 0 Å². The topological polar surface area (TPSA) is 51.1 Å². The van der Waals surface area contributed by atoms with Gasteiger partial charge in [-0.25, -0.2) is 4.39 Å². The van der Waals surface area contributed by atoms with Gasteiger partial charge in [0, 0.05) is 51.2 Å². The zero-order valence-electron chi connectivity index (χ0n) is 14.0. The minimum absolute atomic E-state index is 0.204. The predicted octanol–water partition coefficient (Wildman–Crippen LogP) is 1.39. The number of hydrogen-bond donors (Lipinski definition) is 2. The van der Waals surface area contributed by atoms with Gasteiger partial charge in [0.15, 0.2) is 5.96 Å². The van der Waals surface area contributed by atoms with Gasteiger partial charge in [0.05, 0.1) is 5.60 Å². The number of aliphatic hydroxyl groups is 1. The molecule has 132 valence electrons. The molecule has 0 spiro atoms. The quantitative estimate of drug-likeness (QED) is 0.636. The molecule has 0 bridgehead atoms. The van der Waals surface area contributed by atoms with Crippen molar-refractivity contribution in [3.8, 4) is 0 Å². The van der Waals surface area contributed by atoms with Crippen LogP contribution in [0.1, 0.15) is 6.42 Å². The molecule has 24 heavy (non-hydrogen) atoms. The third-order valence-electron chi connectivity index (χ3n) is 4.64. The Morgan fingerprint density at radius 1 is 1.29 bits per heavy atom. The molecule has 2 aliphatic heterocycles. The summed E-state index contributed by atoms with van der Waals surface area (Å²) in [4.78, 5) is 8.83. The van der Waals surface area contributed by atoms with Crippen LogP contribution in [-0.2, 0) is 0 Å². The second kappa shape index (κ2) is 7.61. The van der Waals surface area contributed by atoms with Crippen LogP contribution in [0.2, 0.25) is 0 Å². The van der Waals surface area contributed by atoms with Crippen molar-refractivity contribution in [1.29, 1.82) is 0 Å². The Morgan fingerprint density at radius 2 is 2.00 bits per heavy atom. The van der Waals surface area contributed by atoms with Crippen molar-refractivity contribution in [2.24, 2.45) is 4.99 Å². The molecule has 0 radical (unpaired) electrons. The number of hydrogen-bond acceptors (Lipinski definition) is 4. The number of rotatable bonds is 3. The van der Waals surface area contributed by atoms with Crippen LogP contribution in [0.5, 0.6) is 0 Å². The highest BCUT2D eigenvalue weighted by Gasteiger charge is 2.32. The van der Waals surface area contributed by atoms with E-state index in [1.54, 1.807) is 18.8 Å². The lowest BCUT2D eigenvalue weighted by Crippen LogP contribution is -2.55. The molecular weight excluding hydrogens is 327 g/mol. The van der Waals surface area contributed by atoms with E-state index < -0.39 is 5.60 Å². The Hall–Kier alpha value is -1.47. The highest BCUT2D eigenvalue weighted by Crippen LogP contribution is 2.27. The molecule has 2 N–H and O–H groups in total. The summed E-state index contributed by atoms with van der Waals surface area (Å²) in [5.41, 5.74) is 0.438. The van der Waals surface area contributed by atoms with E-state index in [1.165, 1.54) is 12.1 Å². The fourth-order valence-electron chi connectivity index (χ4n) is 3.14. The molecule has 2 heterocycles. The maximum absolute atomic E-state index is 13.0. The minimum Gasteiger partial charge on any atom is -0.387 e. The van der Waals surface area contributed by atoms with Gasteiger partial charge >= 0.3 is 0 Å². The molecule has 0 saturated carbocycles. The molecular formula is C17H25FN4OS. The highest BCUT2D eigenvalue weighted by atomic mass is 32.2. The van der Waals surface area contributed by atoms with Crippen molar-refractivity contribution in [3.63, 3.8) is 0 Å². The second-order valence-electron chi connectivity index (χ2n) is 6.38. The number of nitrogens with one attached hydrogen (secondary N) is 1. The standard InChI is InChI=1S/C17H25FN4OS/c1-19-16(20-12-17(23)6-11-24-13-17)22-9-7-21(8-10-22)15-4-2-14(18)3-5-15/h2-5,23H,6-13H2,1H3,(H,19,20). The average molecular weight is 352 g/mol. The van der Waals surface area contributed by atoms with Crippen LogP contribution in [0.3, 0.4) is 0 Å². The lowest BCUT2D eigenvalue weighted by Gasteiger charge is -2.38. The minimum atomic E-state index is -0.615. The van der Waals surface area contributed by atoms with E-state index in [9.17, 15) is 9.50 Å². The fourth-order valence-corrected chi connectivity index (χ4v) is 4.44. The Morgan fingerprint density at radius 3 is 2.58 bits per heavy atom. The molecule has 1 aromatic rings. The van der Waals surface area contributed by atoms with E-state index in [-0.39, 0.29) is 5.82 Å². The van der Waals surface area contributed by atoms with Gasteiger partial charge < -0.3 is 20.2 Å². The molecule has 5 nitrogen and oxygen atoms in total. The van der Waals surface area contributed by atoms with Crippen LogP contribution in [0.4, 0.5) is 10.1 Å². The first kappa shape index (κ1) is 17.4. The Labute approximate surface area is 146 Å². The maximum Gasteiger partial charge on any atom is 0.193 e. The first-order valence-corrected chi connectivity index (χ1v) is 9.51. The predicted molar refractivity (Wildman–Crippen MR) is 98.4 cm³/mol. The van der Waals surface area contributed by atoms with Gasteiger partial charge in [-0.2, -0.15) is 11.8 Å². The molecule has 1 unspecified atom stereocenters. The van der Waals surface area contributed by atoms with E-state index in [0.29, 0.717) is 6.54 Å². The van der Waals surface area contributed by atoms with Crippen molar-refractivity contribution in [3.05, 3.63) is 30.1 Å². The molecule has 2 fully saturated rings. The first-order valence-electron chi connectivity index (χ1n) is 8.36. The molecule has 0 aromatic heterocycles. The monoisotopic (exact) mass is 352 g/mol. The number of thioether (sulfide) groups is 1. The van der Waals surface area contributed by atoms with Crippen LogP contribution in [-0.4, -0.2) is 72.8 Å². The van der Waals surface area contributed by atoms with Gasteiger partial charge in [0.2, 0.25) is 0 Å². The van der Waals surface area contributed by atoms with Crippen molar-refractivity contribution >= 4 is 23.4 Å². The number of nitrogens with zero attached hydrogens (tertiary/aromatic N) is 3. The van der Waals surface area contributed by atoms with Crippen LogP contribution < -0.4 is 10.2 Å². The van der Waals surface area contributed by atoms with Crippen molar-refractivity contribution in [2.75, 3.05) is 56.2 Å². The smallest absolute Gasteiger partial charge is 0.193 e. The SMILES string of the molecule is CN=C(NCC1(O)CCSC1)N1CCN(c2ccc(F)cc2)CC1. The summed E-state index contributed by atoms with van der Waals surface area (Å²) in [6, 6.07) is 6.65. The van der Waals surface area contributed by atoms with Crippen LogP contribution in [0.15, 0.2) is 29.3 Å². The summed E-state index contributed by atoms with van der Waals surface area (Å²) in [7, 11) is 1.78. The molecule has 3 rings (SSSR count). The lowest BCUT2D eigenvalue weighted by atomic mass is 10.0. The highest BCUT2D eigenvalue weighted by molar-refractivity contribution is 7.99.